The van der Waals surface area contributed by atoms with Crippen molar-refractivity contribution in [3.05, 3.63) is 30.4 Å². The summed E-state index contributed by atoms with van der Waals surface area (Å²) < 4.78 is 7.51. The molecule has 19 heavy (non-hydrogen) atoms. The van der Waals surface area contributed by atoms with Crippen LogP contribution in [0.25, 0.3) is 11.1 Å². The summed E-state index contributed by atoms with van der Waals surface area (Å²) in [5, 5.41) is 11.0. The highest BCUT2D eigenvalue weighted by Gasteiger charge is 2.07. The van der Waals surface area contributed by atoms with Gasteiger partial charge in [-0.25, -0.2) is 0 Å². The number of nitrogen functional groups attached to an aromatic ring is 1. The molecular formula is C12H14N6O. The van der Waals surface area contributed by atoms with Crippen molar-refractivity contribution in [3.8, 4) is 0 Å². The molecule has 0 aliphatic rings. The summed E-state index contributed by atoms with van der Waals surface area (Å²) in [6, 6.07) is 5.81. The number of aryl methyl sites for hydroxylation is 1. The maximum Gasteiger partial charge on any atom is 0.296 e. The number of anilines is 2. The molecule has 0 unspecified atom stereocenters. The molecule has 2 heterocycles. The number of fused-ring (bicyclic) bond motifs is 1. The van der Waals surface area contributed by atoms with Crippen LogP contribution in [0.3, 0.4) is 0 Å². The summed E-state index contributed by atoms with van der Waals surface area (Å²) in [5.41, 5.74) is 7.80. The van der Waals surface area contributed by atoms with Gasteiger partial charge in [-0.15, -0.1) is 10.2 Å². The number of rotatable bonds is 4. The van der Waals surface area contributed by atoms with E-state index in [9.17, 15) is 0 Å². The zero-order valence-corrected chi connectivity index (χ0v) is 10.5. The van der Waals surface area contributed by atoms with E-state index in [1.807, 2.05) is 11.5 Å². The molecule has 0 radical (unpaired) electrons. The van der Waals surface area contributed by atoms with Gasteiger partial charge in [0.05, 0.1) is 6.54 Å². The maximum atomic E-state index is 5.70. The number of benzene rings is 1. The minimum Gasteiger partial charge on any atom is -0.424 e. The lowest BCUT2D eigenvalue weighted by Gasteiger charge is -2.02. The molecule has 2 aromatic heterocycles. The number of nitrogens with two attached hydrogens (primary N) is 1. The molecule has 7 heteroatoms. The smallest absolute Gasteiger partial charge is 0.296 e. The minimum absolute atomic E-state index is 0.450. The standard InChI is InChI=1S/C12H14N6O/c1-2-18-7-15-17-11(18)6-14-12-16-9-5-8(13)3-4-10(9)19-12/h3-5,7H,2,6,13H2,1H3,(H,14,16). The maximum absolute atomic E-state index is 5.70. The van der Waals surface area contributed by atoms with Gasteiger partial charge in [0.15, 0.2) is 11.4 Å². The molecule has 0 saturated carbocycles. The lowest BCUT2D eigenvalue weighted by Crippen LogP contribution is -2.07. The van der Waals surface area contributed by atoms with Crippen LogP contribution in [0.5, 0.6) is 0 Å². The number of oxazole rings is 1. The molecule has 0 aliphatic carbocycles. The zero-order chi connectivity index (χ0) is 13.2. The molecule has 0 aliphatic heterocycles. The third-order valence-electron chi connectivity index (χ3n) is 2.85. The summed E-state index contributed by atoms with van der Waals surface area (Å²) in [4.78, 5) is 4.31. The summed E-state index contributed by atoms with van der Waals surface area (Å²) in [6.45, 7) is 3.37. The van der Waals surface area contributed by atoms with E-state index in [0.29, 0.717) is 23.8 Å². The SMILES string of the molecule is CCn1cnnc1CNc1nc2cc(N)ccc2o1. The van der Waals surface area contributed by atoms with Gasteiger partial charge in [0.1, 0.15) is 11.8 Å². The first-order valence-corrected chi connectivity index (χ1v) is 6.03. The van der Waals surface area contributed by atoms with Crippen LogP contribution >= 0.6 is 0 Å². The number of hydrogen-bond donors (Lipinski definition) is 2. The number of hydrogen-bond acceptors (Lipinski definition) is 6. The number of nitrogens with one attached hydrogen (secondary N) is 1. The Morgan fingerprint density at radius 3 is 3.16 bits per heavy atom. The van der Waals surface area contributed by atoms with E-state index in [-0.39, 0.29) is 0 Å². The van der Waals surface area contributed by atoms with Gasteiger partial charge in [0.2, 0.25) is 0 Å². The highest BCUT2D eigenvalue weighted by Crippen LogP contribution is 2.21. The molecule has 3 N–H and O–H groups in total. The Kier molecular flexibility index (Phi) is 2.79. The number of nitrogens with zero attached hydrogens (tertiary/aromatic N) is 4. The Balaban J connectivity index is 1.78. The summed E-state index contributed by atoms with van der Waals surface area (Å²) in [6.07, 6.45) is 1.70. The minimum atomic E-state index is 0.450. The topological polar surface area (TPSA) is 94.8 Å². The molecule has 1 aromatic carbocycles. The van der Waals surface area contributed by atoms with E-state index in [2.05, 4.69) is 20.5 Å². The van der Waals surface area contributed by atoms with Crippen molar-refractivity contribution >= 4 is 22.8 Å². The molecule has 98 valence electrons. The van der Waals surface area contributed by atoms with Crippen LogP contribution in [0.1, 0.15) is 12.7 Å². The quantitative estimate of drug-likeness (QED) is 0.691. The van der Waals surface area contributed by atoms with Crippen LogP contribution in [0.15, 0.2) is 28.9 Å². The Bertz CT molecular complexity index is 701. The van der Waals surface area contributed by atoms with Crippen LogP contribution in [-0.2, 0) is 13.1 Å². The molecular weight excluding hydrogens is 244 g/mol. The van der Waals surface area contributed by atoms with Gasteiger partial charge >= 0.3 is 0 Å². The molecule has 0 bridgehead atoms. The Morgan fingerprint density at radius 1 is 1.42 bits per heavy atom. The highest BCUT2D eigenvalue weighted by molar-refractivity contribution is 5.78. The largest absolute Gasteiger partial charge is 0.424 e. The van der Waals surface area contributed by atoms with Crippen LogP contribution in [0, 0.1) is 0 Å². The highest BCUT2D eigenvalue weighted by atomic mass is 16.4. The predicted molar refractivity (Wildman–Crippen MR) is 71.4 cm³/mol. The van der Waals surface area contributed by atoms with Crippen molar-refractivity contribution in [1.82, 2.24) is 19.7 Å². The average Bonchev–Trinajstić information content (AvgIpc) is 3.01. The molecule has 0 atom stereocenters. The van der Waals surface area contributed by atoms with Gasteiger partial charge in [-0.2, -0.15) is 4.98 Å². The Labute approximate surface area is 109 Å². The second-order valence-corrected chi connectivity index (χ2v) is 4.13. The molecule has 0 spiro atoms. The van der Waals surface area contributed by atoms with Gasteiger partial charge < -0.3 is 20.0 Å². The van der Waals surface area contributed by atoms with Crippen LogP contribution in [0.4, 0.5) is 11.7 Å². The van der Waals surface area contributed by atoms with E-state index in [0.717, 1.165) is 17.9 Å². The summed E-state index contributed by atoms with van der Waals surface area (Å²) in [7, 11) is 0. The van der Waals surface area contributed by atoms with Gasteiger partial charge in [0.25, 0.3) is 6.01 Å². The first-order chi connectivity index (χ1) is 9.26. The molecule has 0 amide bonds. The Hall–Kier alpha value is -2.57. The predicted octanol–water partition coefficient (Wildman–Crippen LogP) is 1.63. The summed E-state index contributed by atoms with van der Waals surface area (Å²) >= 11 is 0. The third kappa shape index (κ3) is 2.22. The summed E-state index contributed by atoms with van der Waals surface area (Å²) in [5.74, 6) is 0.837. The Morgan fingerprint density at radius 2 is 2.32 bits per heavy atom. The van der Waals surface area contributed by atoms with Crippen molar-refractivity contribution in [1.29, 1.82) is 0 Å². The van der Waals surface area contributed by atoms with Gasteiger partial charge in [-0.05, 0) is 25.1 Å². The van der Waals surface area contributed by atoms with Crippen LogP contribution in [0.2, 0.25) is 0 Å². The van der Waals surface area contributed by atoms with E-state index >= 15 is 0 Å². The molecule has 0 fully saturated rings. The average molecular weight is 258 g/mol. The molecule has 7 nitrogen and oxygen atoms in total. The first kappa shape index (κ1) is 11.5. The van der Waals surface area contributed by atoms with Crippen molar-refractivity contribution < 1.29 is 4.42 Å². The van der Waals surface area contributed by atoms with E-state index < -0.39 is 0 Å². The fraction of sp³-hybridized carbons (Fsp3) is 0.250. The second kappa shape index (κ2) is 4.60. The zero-order valence-electron chi connectivity index (χ0n) is 10.5. The lowest BCUT2D eigenvalue weighted by atomic mass is 10.3. The van der Waals surface area contributed by atoms with E-state index in [1.165, 1.54) is 0 Å². The normalized spacial score (nSPS) is 11.0. The van der Waals surface area contributed by atoms with Gasteiger partial charge in [-0.1, -0.05) is 0 Å². The van der Waals surface area contributed by atoms with E-state index in [4.69, 9.17) is 10.2 Å². The van der Waals surface area contributed by atoms with Crippen molar-refractivity contribution in [2.24, 2.45) is 0 Å². The van der Waals surface area contributed by atoms with E-state index in [1.54, 1.807) is 24.5 Å². The molecule has 0 saturated heterocycles. The van der Waals surface area contributed by atoms with Gasteiger partial charge in [-0.3, -0.25) is 0 Å². The number of aromatic nitrogens is 4. The van der Waals surface area contributed by atoms with Crippen molar-refractivity contribution in [2.45, 2.75) is 20.0 Å². The lowest BCUT2D eigenvalue weighted by molar-refractivity contribution is 0.608. The third-order valence-corrected chi connectivity index (χ3v) is 2.85. The van der Waals surface area contributed by atoms with Crippen LogP contribution in [-0.4, -0.2) is 19.7 Å². The molecule has 3 aromatic rings. The first-order valence-electron chi connectivity index (χ1n) is 6.03. The monoisotopic (exact) mass is 258 g/mol. The van der Waals surface area contributed by atoms with Crippen LogP contribution < -0.4 is 11.1 Å². The van der Waals surface area contributed by atoms with Crippen molar-refractivity contribution in [2.75, 3.05) is 11.1 Å². The second-order valence-electron chi connectivity index (χ2n) is 4.13. The molecule has 3 rings (SSSR count). The van der Waals surface area contributed by atoms with Gasteiger partial charge in [0, 0.05) is 12.2 Å². The van der Waals surface area contributed by atoms with Crippen molar-refractivity contribution in [3.63, 3.8) is 0 Å². The fourth-order valence-electron chi connectivity index (χ4n) is 1.85. The fourth-order valence-corrected chi connectivity index (χ4v) is 1.85.